The molecule has 2 aromatic rings. The van der Waals surface area contributed by atoms with Gasteiger partial charge in [-0.1, -0.05) is 55.8 Å². The Bertz CT molecular complexity index is 1060. The quantitative estimate of drug-likeness (QED) is 0.538. The number of rotatable bonds is 11. The van der Waals surface area contributed by atoms with Crippen molar-refractivity contribution in [3.05, 3.63) is 65.5 Å². The maximum absolute atomic E-state index is 14.4. The average molecular weight is 478 g/mol. The van der Waals surface area contributed by atoms with Crippen LogP contribution in [0.4, 0.5) is 10.1 Å². The highest BCUT2D eigenvalue weighted by molar-refractivity contribution is 7.92. The van der Waals surface area contributed by atoms with Crippen molar-refractivity contribution in [3.63, 3.8) is 0 Å². The molecule has 0 bridgehead atoms. The predicted molar refractivity (Wildman–Crippen MR) is 128 cm³/mol. The molecule has 0 aromatic heterocycles. The van der Waals surface area contributed by atoms with Crippen LogP contribution < -0.4 is 9.62 Å². The highest BCUT2D eigenvalue weighted by Gasteiger charge is 2.32. The van der Waals surface area contributed by atoms with Crippen molar-refractivity contribution in [2.75, 3.05) is 23.7 Å². The second-order valence-electron chi connectivity index (χ2n) is 7.94. The van der Waals surface area contributed by atoms with Gasteiger partial charge in [-0.05, 0) is 37.5 Å². The topological polar surface area (TPSA) is 86.8 Å². The third kappa shape index (κ3) is 7.28. The number of sulfonamides is 1. The van der Waals surface area contributed by atoms with Gasteiger partial charge in [0, 0.05) is 13.1 Å². The predicted octanol–water partition coefficient (Wildman–Crippen LogP) is 3.23. The van der Waals surface area contributed by atoms with E-state index in [2.05, 4.69) is 5.32 Å². The average Bonchev–Trinajstić information content (AvgIpc) is 2.77. The van der Waals surface area contributed by atoms with E-state index in [4.69, 9.17) is 0 Å². The van der Waals surface area contributed by atoms with Crippen molar-refractivity contribution in [3.8, 4) is 0 Å². The first-order chi connectivity index (χ1) is 15.6. The molecule has 0 saturated heterocycles. The second kappa shape index (κ2) is 11.8. The second-order valence-corrected chi connectivity index (χ2v) is 9.85. The Morgan fingerprint density at radius 2 is 1.70 bits per heavy atom. The van der Waals surface area contributed by atoms with E-state index in [0.29, 0.717) is 13.0 Å². The lowest BCUT2D eigenvalue weighted by Gasteiger charge is -2.33. The molecule has 1 N–H and O–H groups in total. The molecular formula is C24H32FN3O4S. The van der Waals surface area contributed by atoms with E-state index < -0.39 is 34.3 Å². The fourth-order valence-electron chi connectivity index (χ4n) is 3.42. The number of aryl methyl sites for hydroxylation is 1. The number of nitrogens with zero attached hydrogens (tertiary/aromatic N) is 2. The molecule has 0 spiro atoms. The molecule has 2 aromatic carbocycles. The van der Waals surface area contributed by atoms with Crippen molar-refractivity contribution < 1.29 is 22.4 Å². The smallest absolute Gasteiger partial charge is 0.244 e. The maximum Gasteiger partial charge on any atom is 0.244 e. The van der Waals surface area contributed by atoms with Gasteiger partial charge < -0.3 is 10.2 Å². The Balaban J connectivity index is 2.42. The van der Waals surface area contributed by atoms with E-state index >= 15 is 0 Å². The summed E-state index contributed by atoms with van der Waals surface area (Å²) in [7, 11) is -3.97. The summed E-state index contributed by atoms with van der Waals surface area (Å²) in [5, 5.41) is 2.81. The molecule has 0 aliphatic rings. The largest absolute Gasteiger partial charge is 0.354 e. The number of carbonyl (C=O) groups excluding carboxylic acids is 2. The monoisotopic (exact) mass is 477 g/mol. The zero-order chi connectivity index (χ0) is 24.6. The molecule has 33 heavy (non-hydrogen) atoms. The van der Waals surface area contributed by atoms with E-state index in [-0.39, 0.29) is 18.1 Å². The van der Waals surface area contributed by atoms with Crippen LogP contribution in [0.25, 0.3) is 0 Å². The molecule has 180 valence electrons. The van der Waals surface area contributed by atoms with E-state index in [1.54, 1.807) is 6.92 Å². The standard InChI is InChI=1S/C24H32FN3O4S/c1-5-15-26-24(30)21(6-2)27(16-19-13-11-18(3)12-14-19)23(29)17-28(33(4,31)32)22-10-8-7-9-20(22)25/h7-14,21H,5-6,15-17H2,1-4H3,(H,26,30). The van der Waals surface area contributed by atoms with Gasteiger partial charge in [-0.2, -0.15) is 0 Å². The molecule has 0 saturated carbocycles. The van der Waals surface area contributed by atoms with Crippen molar-refractivity contribution in [2.24, 2.45) is 0 Å². The van der Waals surface area contributed by atoms with Gasteiger partial charge in [-0.15, -0.1) is 0 Å². The molecule has 2 rings (SSSR count). The number of benzene rings is 2. The molecule has 1 atom stereocenters. The van der Waals surface area contributed by atoms with Gasteiger partial charge in [0.05, 0.1) is 11.9 Å². The van der Waals surface area contributed by atoms with Gasteiger partial charge in [0.15, 0.2) is 0 Å². The van der Waals surface area contributed by atoms with Gasteiger partial charge in [-0.3, -0.25) is 13.9 Å². The number of carbonyl (C=O) groups is 2. The first-order valence-electron chi connectivity index (χ1n) is 10.9. The molecule has 9 heteroatoms. The van der Waals surface area contributed by atoms with Crippen molar-refractivity contribution >= 4 is 27.5 Å². The Hall–Kier alpha value is -2.94. The third-order valence-electron chi connectivity index (χ3n) is 5.21. The molecule has 0 radical (unpaired) electrons. The Morgan fingerprint density at radius 3 is 2.24 bits per heavy atom. The van der Waals surface area contributed by atoms with Crippen LogP contribution in [-0.2, 0) is 26.2 Å². The maximum atomic E-state index is 14.4. The number of halogens is 1. The lowest BCUT2D eigenvalue weighted by atomic mass is 10.1. The zero-order valence-electron chi connectivity index (χ0n) is 19.5. The highest BCUT2D eigenvalue weighted by atomic mass is 32.2. The first-order valence-corrected chi connectivity index (χ1v) is 12.8. The van der Waals surface area contributed by atoms with E-state index in [1.165, 1.54) is 23.1 Å². The van der Waals surface area contributed by atoms with Gasteiger partial charge in [-0.25, -0.2) is 12.8 Å². The number of amides is 2. The summed E-state index contributed by atoms with van der Waals surface area (Å²) in [6, 6.07) is 12.1. The highest BCUT2D eigenvalue weighted by Crippen LogP contribution is 2.22. The van der Waals surface area contributed by atoms with Crippen LogP contribution >= 0.6 is 0 Å². The summed E-state index contributed by atoms with van der Waals surface area (Å²) >= 11 is 0. The van der Waals surface area contributed by atoms with Gasteiger partial charge in [0.2, 0.25) is 21.8 Å². The summed E-state index contributed by atoms with van der Waals surface area (Å²) in [6.07, 6.45) is 2.00. The zero-order valence-corrected chi connectivity index (χ0v) is 20.4. The molecule has 7 nitrogen and oxygen atoms in total. The van der Waals surface area contributed by atoms with Crippen molar-refractivity contribution in [1.29, 1.82) is 0 Å². The fraction of sp³-hybridized carbons (Fsp3) is 0.417. The molecule has 0 heterocycles. The van der Waals surface area contributed by atoms with Gasteiger partial charge in [0.1, 0.15) is 18.4 Å². The molecular weight excluding hydrogens is 445 g/mol. The molecule has 0 aliphatic carbocycles. The first kappa shape index (κ1) is 26.3. The molecule has 0 fully saturated rings. The third-order valence-corrected chi connectivity index (χ3v) is 6.34. The summed E-state index contributed by atoms with van der Waals surface area (Å²) in [4.78, 5) is 27.7. The van der Waals surface area contributed by atoms with Crippen LogP contribution in [-0.4, -0.2) is 50.5 Å². The van der Waals surface area contributed by atoms with Crippen LogP contribution in [0.15, 0.2) is 48.5 Å². The van der Waals surface area contributed by atoms with Crippen LogP contribution in [0.1, 0.15) is 37.8 Å². The number of para-hydroxylation sites is 1. The van der Waals surface area contributed by atoms with Crippen LogP contribution in [0.2, 0.25) is 0 Å². The number of nitrogens with one attached hydrogen (secondary N) is 1. The lowest BCUT2D eigenvalue weighted by Crippen LogP contribution is -2.52. The van der Waals surface area contributed by atoms with E-state index in [1.807, 2.05) is 38.1 Å². The van der Waals surface area contributed by atoms with Gasteiger partial charge >= 0.3 is 0 Å². The Kier molecular flexibility index (Phi) is 9.40. The molecule has 0 aliphatic heterocycles. The Morgan fingerprint density at radius 1 is 1.06 bits per heavy atom. The lowest BCUT2D eigenvalue weighted by molar-refractivity contribution is -0.140. The number of hydrogen-bond acceptors (Lipinski definition) is 4. The van der Waals surface area contributed by atoms with E-state index in [0.717, 1.165) is 34.2 Å². The fourth-order valence-corrected chi connectivity index (χ4v) is 4.27. The molecule has 2 amide bonds. The number of anilines is 1. The van der Waals surface area contributed by atoms with Crippen LogP contribution in [0.3, 0.4) is 0 Å². The van der Waals surface area contributed by atoms with Gasteiger partial charge in [0.25, 0.3) is 0 Å². The Labute approximate surface area is 195 Å². The van der Waals surface area contributed by atoms with Crippen molar-refractivity contribution in [1.82, 2.24) is 10.2 Å². The number of hydrogen-bond donors (Lipinski definition) is 1. The minimum Gasteiger partial charge on any atom is -0.354 e. The SMILES string of the molecule is CCCNC(=O)C(CC)N(Cc1ccc(C)cc1)C(=O)CN(c1ccccc1F)S(C)(=O)=O. The van der Waals surface area contributed by atoms with Crippen molar-refractivity contribution in [2.45, 2.75) is 46.2 Å². The minimum atomic E-state index is -3.97. The summed E-state index contributed by atoms with van der Waals surface area (Å²) in [5.41, 5.74) is 1.63. The summed E-state index contributed by atoms with van der Waals surface area (Å²) in [5.74, 6) is -1.66. The van der Waals surface area contributed by atoms with Crippen LogP contribution in [0, 0.1) is 12.7 Å². The van der Waals surface area contributed by atoms with Crippen LogP contribution in [0.5, 0.6) is 0 Å². The molecule has 1 unspecified atom stereocenters. The van der Waals surface area contributed by atoms with E-state index in [9.17, 15) is 22.4 Å². The normalized spacial score (nSPS) is 12.2. The minimum absolute atomic E-state index is 0.117. The summed E-state index contributed by atoms with van der Waals surface area (Å²) < 4.78 is 40.1. The summed E-state index contributed by atoms with van der Waals surface area (Å²) in [6.45, 7) is 5.62.